The largest absolute Gasteiger partial charge is 0.323 e. The summed E-state index contributed by atoms with van der Waals surface area (Å²) in [6.07, 6.45) is 3.80. The predicted molar refractivity (Wildman–Crippen MR) is 89.1 cm³/mol. The molecule has 108 valence electrons. The van der Waals surface area contributed by atoms with Crippen LogP contribution in [0.5, 0.6) is 0 Å². The molecular weight excluding hydrogens is 311 g/mol. The Morgan fingerprint density at radius 2 is 2.25 bits per heavy atom. The van der Waals surface area contributed by atoms with Crippen LogP contribution in [-0.4, -0.2) is 20.6 Å². The van der Waals surface area contributed by atoms with Gasteiger partial charge in [-0.05, 0) is 36.8 Å². The molecule has 2 nitrogen and oxygen atoms in total. The Kier molecular flexibility index (Phi) is 4.49. The average Bonchev–Trinajstić information content (AvgIpc) is 3.01. The molecule has 0 radical (unpaired) electrons. The Morgan fingerprint density at radius 3 is 3.00 bits per heavy atom. The first kappa shape index (κ1) is 14.6. The number of rotatable bonds is 4. The van der Waals surface area contributed by atoms with Gasteiger partial charge in [-0.2, -0.15) is 11.8 Å². The second kappa shape index (κ2) is 6.17. The second-order valence-electron chi connectivity index (χ2n) is 5.16. The molecule has 1 fully saturated rings. The van der Waals surface area contributed by atoms with Gasteiger partial charge in [-0.25, -0.2) is 4.98 Å². The van der Waals surface area contributed by atoms with Gasteiger partial charge in [0.1, 0.15) is 5.82 Å². The van der Waals surface area contributed by atoms with Crippen molar-refractivity contribution in [3.05, 3.63) is 29.0 Å². The first-order valence-electron chi connectivity index (χ1n) is 7.08. The average molecular weight is 329 g/mol. The Hall–Kier alpha value is -0.380. The van der Waals surface area contributed by atoms with E-state index in [4.69, 9.17) is 23.2 Å². The summed E-state index contributed by atoms with van der Waals surface area (Å²) in [6.45, 7) is 2.23. The summed E-state index contributed by atoms with van der Waals surface area (Å²) in [5, 5.41) is 1.41. The maximum Gasteiger partial charge on any atom is 0.125 e. The Morgan fingerprint density at radius 1 is 1.40 bits per heavy atom. The highest BCUT2D eigenvalue weighted by Crippen LogP contribution is 2.41. The van der Waals surface area contributed by atoms with E-state index in [1.165, 1.54) is 24.8 Å². The van der Waals surface area contributed by atoms with E-state index in [2.05, 4.69) is 34.3 Å². The summed E-state index contributed by atoms with van der Waals surface area (Å²) < 4.78 is 2.36. The van der Waals surface area contributed by atoms with Crippen molar-refractivity contribution < 1.29 is 0 Å². The molecule has 1 aliphatic rings. The number of halogens is 2. The topological polar surface area (TPSA) is 17.8 Å². The van der Waals surface area contributed by atoms with Crippen LogP contribution in [0.3, 0.4) is 0 Å². The second-order valence-corrected chi connectivity index (χ2v) is 7.38. The first-order chi connectivity index (χ1) is 9.74. The molecule has 2 unspecified atom stereocenters. The number of hydrogen-bond acceptors (Lipinski definition) is 2. The van der Waals surface area contributed by atoms with Crippen LogP contribution in [0.2, 0.25) is 5.02 Å². The van der Waals surface area contributed by atoms with Gasteiger partial charge in [0.2, 0.25) is 0 Å². The number of hydrogen-bond donors (Lipinski definition) is 0. The van der Waals surface area contributed by atoms with Crippen LogP contribution in [0, 0.1) is 0 Å². The zero-order valence-corrected chi connectivity index (χ0v) is 13.8. The highest BCUT2D eigenvalue weighted by Gasteiger charge is 2.31. The molecule has 1 aromatic heterocycles. The van der Waals surface area contributed by atoms with Gasteiger partial charge in [-0.15, -0.1) is 11.6 Å². The molecule has 1 heterocycles. The monoisotopic (exact) mass is 328 g/mol. The molecule has 0 bridgehead atoms. The fourth-order valence-corrected chi connectivity index (χ4v) is 4.79. The lowest BCUT2D eigenvalue weighted by atomic mass is 10.2. The quantitative estimate of drug-likeness (QED) is 0.711. The van der Waals surface area contributed by atoms with Crippen molar-refractivity contribution in [1.29, 1.82) is 0 Å². The number of benzene rings is 1. The molecule has 3 rings (SSSR count). The minimum absolute atomic E-state index is 0.451. The van der Waals surface area contributed by atoms with Gasteiger partial charge < -0.3 is 4.57 Å². The Labute approximate surface area is 133 Å². The van der Waals surface area contributed by atoms with Crippen LogP contribution in [0.15, 0.2) is 18.2 Å². The highest BCUT2D eigenvalue weighted by atomic mass is 35.5. The summed E-state index contributed by atoms with van der Waals surface area (Å²) in [4.78, 5) is 4.67. The van der Waals surface area contributed by atoms with E-state index in [1.54, 1.807) is 0 Å². The van der Waals surface area contributed by atoms with E-state index >= 15 is 0 Å². The van der Waals surface area contributed by atoms with E-state index < -0.39 is 0 Å². The van der Waals surface area contributed by atoms with Crippen molar-refractivity contribution in [2.75, 3.05) is 5.75 Å². The fourth-order valence-electron chi connectivity index (χ4n) is 3.20. The lowest BCUT2D eigenvalue weighted by molar-refractivity contribution is 0.527. The number of nitrogens with zero attached hydrogens (tertiary/aromatic N) is 2. The third-order valence-corrected chi connectivity index (χ3v) is 5.76. The molecule has 2 atom stereocenters. The molecule has 0 N–H and O–H groups in total. The van der Waals surface area contributed by atoms with Crippen molar-refractivity contribution in [1.82, 2.24) is 9.55 Å². The highest BCUT2D eigenvalue weighted by molar-refractivity contribution is 7.99. The minimum atomic E-state index is 0.451. The van der Waals surface area contributed by atoms with E-state index in [1.807, 2.05) is 12.1 Å². The number of imidazole rings is 1. The summed E-state index contributed by atoms with van der Waals surface area (Å²) in [5.41, 5.74) is 2.12. The maximum absolute atomic E-state index is 6.12. The van der Waals surface area contributed by atoms with Gasteiger partial charge in [-0.3, -0.25) is 0 Å². The Balaban J connectivity index is 2.09. The molecule has 5 heteroatoms. The van der Waals surface area contributed by atoms with Crippen molar-refractivity contribution in [2.45, 2.75) is 43.4 Å². The molecule has 0 spiro atoms. The van der Waals surface area contributed by atoms with Gasteiger partial charge in [0.05, 0.1) is 16.9 Å². The Bertz CT molecular complexity index is 611. The van der Waals surface area contributed by atoms with E-state index in [-0.39, 0.29) is 0 Å². The molecule has 1 aromatic carbocycles. The van der Waals surface area contributed by atoms with E-state index in [0.717, 1.165) is 22.1 Å². The molecule has 0 amide bonds. The number of aromatic nitrogens is 2. The van der Waals surface area contributed by atoms with Crippen LogP contribution in [-0.2, 0) is 5.88 Å². The van der Waals surface area contributed by atoms with Crippen molar-refractivity contribution >= 4 is 46.0 Å². The maximum atomic E-state index is 6.12. The van der Waals surface area contributed by atoms with Crippen molar-refractivity contribution in [3.63, 3.8) is 0 Å². The minimum Gasteiger partial charge on any atom is -0.323 e. The molecule has 2 aromatic rings. The summed E-state index contributed by atoms with van der Waals surface area (Å²) in [7, 11) is 0. The van der Waals surface area contributed by atoms with Crippen LogP contribution in [0.1, 0.15) is 38.1 Å². The van der Waals surface area contributed by atoms with Crippen LogP contribution in [0.25, 0.3) is 11.0 Å². The zero-order valence-electron chi connectivity index (χ0n) is 11.5. The normalized spacial score (nSPS) is 22.8. The lowest BCUT2D eigenvalue weighted by Crippen LogP contribution is -2.18. The molecule has 0 aliphatic heterocycles. The van der Waals surface area contributed by atoms with Crippen LogP contribution in [0.4, 0.5) is 0 Å². The molecule has 0 saturated heterocycles. The van der Waals surface area contributed by atoms with Crippen molar-refractivity contribution in [3.8, 4) is 0 Å². The van der Waals surface area contributed by atoms with Crippen LogP contribution < -0.4 is 0 Å². The standard InChI is InChI=1S/C15H18Cl2N2S/c1-2-20-14-5-3-4-13(14)19-12-7-6-10(17)8-11(12)18-15(19)9-16/h6-8,13-14H,2-5,9H2,1H3. The first-order valence-corrected chi connectivity index (χ1v) is 9.04. The van der Waals surface area contributed by atoms with Gasteiger partial charge >= 0.3 is 0 Å². The SMILES string of the molecule is CCSC1CCCC1n1c(CCl)nc2cc(Cl)ccc21. The molecule has 1 aliphatic carbocycles. The van der Waals surface area contributed by atoms with Crippen molar-refractivity contribution in [2.24, 2.45) is 0 Å². The molecular formula is C15H18Cl2N2S. The van der Waals surface area contributed by atoms with Gasteiger partial charge in [0.15, 0.2) is 0 Å². The number of thioether (sulfide) groups is 1. The van der Waals surface area contributed by atoms with Crippen LogP contribution >= 0.6 is 35.0 Å². The molecule has 20 heavy (non-hydrogen) atoms. The number of fused-ring (bicyclic) bond motifs is 1. The van der Waals surface area contributed by atoms with Gasteiger partial charge in [0.25, 0.3) is 0 Å². The number of alkyl halides is 1. The molecule has 1 saturated carbocycles. The lowest BCUT2D eigenvalue weighted by Gasteiger charge is -2.22. The van der Waals surface area contributed by atoms with Gasteiger partial charge in [-0.1, -0.05) is 24.9 Å². The third-order valence-electron chi connectivity index (χ3n) is 3.97. The smallest absolute Gasteiger partial charge is 0.125 e. The predicted octanol–water partition coefficient (Wildman–Crippen LogP) is 5.28. The summed E-state index contributed by atoms with van der Waals surface area (Å²) in [6, 6.07) is 6.46. The van der Waals surface area contributed by atoms with Gasteiger partial charge in [0, 0.05) is 16.3 Å². The van der Waals surface area contributed by atoms with E-state index in [0.29, 0.717) is 17.2 Å². The fraction of sp³-hybridized carbons (Fsp3) is 0.533. The zero-order chi connectivity index (χ0) is 14.1. The van der Waals surface area contributed by atoms with E-state index in [9.17, 15) is 0 Å². The third kappa shape index (κ3) is 2.56. The summed E-state index contributed by atoms with van der Waals surface area (Å²) in [5.74, 6) is 2.58. The summed E-state index contributed by atoms with van der Waals surface area (Å²) >= 11 is 14.3.